The molecule has 1 saturated heterocycles. The molecule has 30 heavy (non-hydrogen) atoms. The fraction of sp³-hybridized carbons (Fsp3) is 0.217. The molecule has 1 aromatic heterocycles. The maximum Gasteiger partial charge on any atom is 0.416 e. The van der Waals surface area contributed by atoms with Crippen LogP contribution in [0.5, 0.6) is 5.88 Å². The molecule has 0 radical (unpaired) electrons. The molecule has 1 aliphatic heterocycles. The first-order valence-corrected chi connectivity index (χ1v) is 9.50. The molecule has 0 bridgehead atoms. The Labute approximate surface area is 171 Å². The number of hydrogen-bond acceptors (Lipinski definition) is 3. The average molecular weight is 412 g/mol. The van der Waals surface area contributed by atoms with E-state index in [0.29, 0.717) is 13.1 Å². The van der Waals surface area contributed by atoms with E-state index in [4.69, 9.17) is 4.74 Å². The van der Waals surface area contributed by atoms with E-state index in [1.807, 2.05) is 60.7 Å². The van der Waals surface area contributed by atoms with Crippen molar-refractivity contribution in [3.8, 4) is 5.88 Å². The van der Waals surface area contributed by atoms with Crippen LogP contribution >= 0.6 is 0 Å². The van der Waals surface area contributed by atoms with E-state index in [9.17, 15) is 18.0 Å². The number of hydrogen-bond donors (Lipinski definition) is 0. The SMILES string of the molecule is O=C(C(c1ccccc1)c1ccccc1)N1CC(Oc2cc(C(F)(F)F)ccn2)C1. The average Bonchev–Trinajstić information content (AvgIpc) is 2.72. The minimum Gasteiger partial charge on any atom is -0.471 e. The number of benzene rings is 2. The normalized spacial score (nSPS) is 14.5. The van der Waals surface area contributed by atoms with Gasteiger partial charge in [0.25, 0.3) is 0 Å². The summed E-state index contributed by atoms with van der Waals surface area (Å²) >= 11 is 0. The Morgan fingerprint density at radius 1 is 0.967 bits per heavy atom. The number of halogens is 3. The lowest BCUT2D eigenvalue weighted by atomic mass is 9.89. The topological polar surface area (TPSA) is 42.4 Å². The molecule has 7 heteroatoms. The van der Waals surface area contributed by atoms with Crippen LogP contribution in [0.25, 0.3) is 0 Å². The summed E-state index contributed by atoms with van der Waals surface area (Å²) in [5, 5.41) is 0. The van der Waals surface area contributed by atoms with Crippen LogP contribution in [-0.2, 0) is 11.0 Å². The monoisotopic (exact) mass is 412 g/mol. The summed E-state index contributed by atoms with van der Waals surface area (Å²) < 4.78 is 44.1. The number of nitrogens with zero attached hydrogens (tertiary/aromatic N) is 2. The summed E-state index contributed by atoms with van der Waals surface area (Å²) in [7, 11) is 0. The Kier molecular flexibility index (Phi) is 5.44. The third-order valence-electron chi connectivity index (χ3n) is 5.02. The predicted molar refractivity (Wildman–Crippen MR) is 105 cm³/mol. The molecule has 4 rings (SSSR count). The minimum absolute atomic E-state index is 0.0655. The van der Waals surface area contributed by atoms with Gasteiger partial charge in [-0.05, 0) is 17.2 Å². The highest BCUT2D eigenvalue weighted by molar-refractivity contribution is 5.88. The van der Waals surface area contributed by atoms with Crippen molar-refractivity contribution in [3.63, 3.8) is 0 Å². The van der Waals surface area contributed by atoms with E-state index >= 15 is 0 Å². The first kappa shape index (κ1) is 19.9. The standard InChI is InChI=1S/C23H19F3N2O2/c24-23(25,26)18-11-12-27-20(13-18)30-19-14-28(15-19)22(29)21(16-7-3-1-4-8-16)17-9-5-2-6-10-17/h1-13,19,21H,14-15H2. The van der Waals surface area contributed by atoms with E-state index in [0.717, 1.165) is 29.5 Å². The Bertz CT molecular complexity index is 964. The van der Waals surface area contributed by atoms with Crippen LogP contribution < -0.4 is 4.74 Å². The Hall–Kier alpha value is -3.35. The molecule has 4 nitrogen and oxygen atoms in total. The van der Waals surface area contributed by atoms with Gasteiger partial charge in [-0.2, -0.15) is 13.2 Å². The molecule has 1 aliphatic rings. The summed E-state index contributed by atoms with van der Waals surface area (Å²) in [6.45, 7) is 0.597. The Morgan fingerprint density at radius 2 is 1.53 bits per heavy atom. The van der Waals surface area contributed by atoms with Crippen LogP contribution in [0.1, 0.15) is 22.6 Å². The van der Waals surface area contributed by atoms with Gasteiger partial charge in [0.05, 0.1) is 24.6 Å². The number of carbonyl (C=O) groups excluding carboxylic acids is 1. The summed E-state index contributed by atoms with van der Waals surface area (Å²) in [6, 6.07) is 20.8. The zero-order chi connectivity index (χ0) is 21.1. The second-order valence-corrected chi connectivity index (χ2v) is 7.12. The van der Waals surface area contributed by atoms with Gasteiger partial charge in [0, 0.05) is 12.3 Å². The number of pyridine rings is 1. The van der Waals surface area contributed by atoms with Crippen LogP contribution in [0.4, 0.5) is 13.2 Å². The summed E-state index contributed by atoms with van der Waals surface area (Å²) in [5.74, 6) is -0.603. The summed E-state index contributed by atoms with van der Waals surface area (Å²) in [4.78, 5) is 18.7. The van der Waals surface area contributed by atoms with Gasteiger partial charge in [-0.1, -0.05) is 60.7 Å². The van der Waals surface area contributed by atoms with Gasteiger partial charge in [0.15, 0.2) is 0 Å². The van der Waals surface area contributed by atoms with E-state index in [1.165, 1.54) is 0 Å². The molecule has 1 fully saturated rings. The van der Waals surface area contributed by atoms with Crippen LogP contribution in [0.15, 0.2) is 79.0 Å². The van der Waals surface area contributed by atoms with Crippen molar-refractivity contribution in [2.24, 2.45) is 0 Å². The molecule has 0 N–H and O–H groups in total. The second kappa shape index (κ2) is 8.18. The smallest absolute Gasteiger partial charge is 0.416 e. The molecule has 0 saturated carbocycles. The van der Waals surface area contributed by atoms with Gasteiger partial charge >= 0.3 is 6.18 Å². The van der Waals surface area contributed by atoms with Crippen LogP contribution in [0, 0.1) is 0 Å². The van der Waals surface area contributed by atoms with Crippen molar-refractivity contribution in [2.75, 3.05) is 13.1 Å². The van der Waals surface area contributed by atoms with Gasteiger partial charge in [-0.3, -0.25) is 4.79 Å². The van der Waals surface area contributed by atoms with Gasteiger partial charge in [0.1, 0.15) is 6.10 Å². The zero-order valence-electron chi connectivity index (χ0n) is 15.9. The maximum atomic E-state index is 13.2. The van der Waals surface area contributed by atoms with E-state index < -0.39 is 23.8 Å². The molecular formula is C23H19F3N2O2. The Morgan fingerprint density at radius 3 is 2.07 bits per heavy atom. The van der Waals surface area contributed by atoms with E-state index in [1.54, 1.807) is 4.90 Å². The molecule has 0 spiro atoms. The highest BCUT2D eigenvalue weighted by Gasteiger charge is 2.37. The first-order chi connectivity index (χ1) is 14.4. The Balaban J connectivity index is 1.45. The predicted octanol–water partition coefficient (Wildman–Crippen LogP) is 4.52. The lowest BCUT2D eigenvalue weighted by molar-refractivity contribution is -0.140. The molecule has 2 aromatic carbocycles. The molecule has 0 aliphatic carbocycles. The largest absolute Gasteiger partial charge is 0.471 e. The van der Waals surface area contributed by atoms with Crippen LogP contribution in [0.2, 0.25) is 0 Å². The maximum absolute atomic E-state index is 13.2. The van der Waals surface area contributed by atoms with Crippen molar-refractivity contribution in [1.82, 2.24) is 9.88 Å². The number of rotatable bonds is 5. The van der Waals surface area contributed by atoms with Crippen LogP contribution in [-0.4, -0.2) is 35.0 Å². The summed E-state index contributed by atoms with van der Waals surface area (Å²) in [5.41, 5.74) is 0.961. The quantitative estimate of drug-likeness (QED) is 0.619. The molecule has 3 aromatic rings. The second-order valence-electron chi connectivity index (χ2n) is 7.12. The molecule has 0 atom stereocenters. The third-order valence-corrected chi connectivity index (χ3v) is 5.02. The van der Waals surface area contributed by atoms with Crippen LogP contribution in [0.3, 0.4) is 0 Å². The number of likely N-dealkylation sites (tertiary alicyclic amines) is 1. The van der Waals surface area contributed by atoms with E-state index in [2.05, 4.69) is 4.98 Å². The van der Waals surface area contributed by atoms with Gasteiger partial charge in [0.2, 0.25) is 11.8 Å². The first-order valence-electron chi connectivity index (χ1n) is 9.50. The van der Waals surface area contributed by atoms with Crippen molar-refractivity contribution in [2.45, 2.75) is 18.2 Å². The zero-order valence-corrected chi connectivity index (χ0v) is 15.9. The number of amides is 1. The number of carbonyl (C=O) groups is 1. The minimum atomic E-state index is -4.46. The van der Waals surface area contributed by atoms with Crippen molar-refractivity contribution < 1.29 is 22.7 Å². The van der Waals surface area contributed by atoms with Crippen molar-refractivity contribution in [3.05, 3.63) is 95.7 Å². The fourth-order valence-electron chi connectivity index (χ4n) is 3.46. The number of ether oxygens (including phenoxy) is 1. The lowest BCUT2D eigenvalue weighted by Crippen LogP contribution is -2.57. The lowest BCUT2D eigenvalue weighted by Gasteiger charge is -2.40. The highest BCUT2D eigenvalue weighted by Crippen LogP contribution is 2.32. The van der Waals surface area contributed by atoms with Gasteiger partial charge < -0.3 is 9.64 Å². The summed E-state index contributed by atoms with van der Waals surface area (Å²) in [6.07, 6.45) is -3.78. The van der Waals surface area contributed by atoms with Gasteiger partial charge in [-0.15, -0.1) is 0 Å². The van der Waals surface area contributed by atoms with E-state index in [-0.39, 0.29) is 11.8 Å². The van der Waals surface area contributed by atoms with Gasteiger partial charge in [-0.25, -0.2) is 4.98 Å². The highest BCUT2D eigenvalue weighted by atomic mass is 19.4. The third kappa shape index (κ3) is 4.30. The fourth-order valence-corrected chi connectivity index (χ4v) is 3.46. The number of alkyl halides is 3. The molecule has 0 unspecified atom stereocenters. The number of aromatic nitrogens is 1. The van der Waals surface area contributed by atoms with Crippen molar-refractivity contribution >= 4 is 5.91 Å². The molecule has 1 amide bonds. The molecule has 2 heterocycles. The van der Waals surface area contributed by atoms with Crippen molar-refractivity contribution in [1.29, 1.82) is 0 Å². The molecular weight excluding hydrogens is 393 g/mol. The molecule has 154 valence electrons.